The van der Waals surface area contributed by atoms with Crippen LogP contribution in [0.4, 0.5) is 27.6 Å². The molecule has 0 bridgehead atoms. The van der Waals surface area contributed by atoms with Crippen LogP contribution in [0.3, 0.4) is 0 Å². The highest BCUT2D eigenvalue weighted by Gasteiger charge is 2.35. The molecule has 148 valence electrons. The normalized spacial score (nSPS) is 11.9. The van der Waals surface area contributed by atoms with Gasteiger partial charge < -0.3 is 10.1 Å². The molecule has 0 unspecified atom stereocenters. The third kappa shape index (κ3) is 4.02. The van der Waals surface area contributed by atoms with Crippen molar-refractivity contribution in [1.29, 1.82) is 0 Å². The van der Waals surface area contributed by atoms with Crippen LogP contribution in [-0.4, -0.2) is 27.1 Å². The first kappa shape index (κ1) is 19.5. The molecule has 0 saturated heterocycles. The number of rotatable bonds is 4. The summed E-state index contributed by atoms with van der Waals surface area (Å²) in [5.74, 6) is -1.19. The summed E-state index contributed by atoms with van der Waals surface area (Å²) in [5, 5.41) is 5.99. The maximum atomic E-state index is 13.2. The lowest BCUT2D eigenvalue weighted by Gasteiger charge is -2.12. The Balaban J connectivity index is 1.98. The number of aromatic nitrogens is 3. The number of aryl methyl sites for hydroxylation is 2. The SMILES string of the molecule is Cc1ccc(OC(F)F)c(NC(=O)c2cc3nc(C)cc(C(F)(F)F)n3n2)c1. The van der Waals surface area contributed by atoms with Gasteiger partial charge in [0.2, 0.25) is 0 Å². The van der Waals surface area contributed by atoms with Crippen LogP contribution < -0.4 is 10.1 Å². The van der Waals surface area contributed by atoms with Crippen molar-refractivity contribution in [3.63, 3.8) is 0 Å². The molecule has 0 atom stereocenters. The zero-order valence-electron chi connectivity index (χ0n) is 14.5. The van der Waals surface area contributed by atoms with Crippen molar-refractivity contribution in [2.24, 2.45) is 0 Å². The fourth-order valence-electron chi connectivity index (χ4n) is 2.54. The quantitative estimate of drug-likeness (QED) is 0.666. The number of ether oxygens (including phenoxy) is 1. The molecule has 0 aliphatic rings. The number of fused-ring (bicyclic) bond motifs is 1. The topological polar surface area (TPSA) is 68.5 Å². The summed E-state index contributed by atoms with van der Waals surface area (Å²) < 4.78 is 69.5. The van der Waals surface area contributed by atoms with Gasteiger partial charge in [0.15, 0.2) is 11.3 Å². The van der Waals surface area contributed by atoms with Gasteiger partial charge in [-0.15, -0.1) is 0 Å². The molecule has 0 radical (unpaired) electrons. The zero-order chi connectivity index (χ0) is 20.6. The third-order valence-electron chi connectivity index (χ3n) is 3.68. The van der Waals surface area contributed by atoms with Gasteiger partial charge in [-0.05, 0) is 37.6 Å². The summed E-state index contributed by atoms with van der Waals surface area (Å²) in [6, 6.07) is 6.00. The molecule has 2 aromatic heterocycles. The van der Waals surface area contributed by atoms with E-state index in [1.54, 1.807) is 6.92 Å². The molecule has 0 fully saturated rings. The summed E-state index contributed by atoms with van der Waals surface area (Å²) in [4.78, 5) is 16.4. The van der Waals surface area contributed by atoms with E-state index in [0.717, 1.165) is 12.1 Å². The van der Waals surface area contributed by atoms with Crippen LogP contribution in [0, 0.1) is 13.8 Å². The Bertz CT molecular complexity index is 1050. The van der Waals surface area contributed by atoms with E-state index in [1.807, 2.05) is 0 Å². The van der Waals surface area contributed by atoms with Gasteiger partial charge in [-0.25, -0.2) is 9.50 Å². The maximum Gasteiger partial charge on any atom is 0.433 e. The lowest BCUT2D eigenvalue weighted by Crippen LogP contribution is -2.16. The molecular weight excluding hydrogens is 387 g/mol. The van der Waals surface area contributed by atoms with Gasteiger partial charge in [-0.2, -0.15) is 27.1 Å². The molecule has 1 amide bonds. The third-order valence-corrected chi connectivity index (χ3v) is 3.68. The van der Waals surface area contributed by atoms with Crippen LogP contribution >= 0.6 is 0 Å². The van der Waals surface area contributed by atoms with Crippen molar-refractivity contribution >= 4 is 17.2 Å². The first-order valence-corrected chi connectivity index (χ1v) is 7.86. The number of hydrogen-bond acceptors (Lipinski definition) is 4. The Morgan fingerprint density at radius 1 is 1.18 bits per heavy atom. The fourth-order valence-corrected chi connectivity index (χ4v) is 2.54. The Morgan fingerprint density at radius 2 is 1.89 bits per heavy atom. The second-order valence-corrected chi connectivity index (χ2v) is 5.91. The molecule has 0 aliphatic carbocycles. The molecule has 2 heterocycles. The highest BCUT2D eigenvalue weighted by atomic mass is 19.4. The van der Waals surface area contributed by atoms with Crippen molar-refractivity contribution in [3.8, 4) is 5.75 Å². The van der Waals surface area contributed by atoms with Gasteiger partial charge in [0.25, 0.3) is 5.91 Å². The van der Waals surface area contributed by atoms with Gasteiger partial charge in [-0.3, -0.25) is 4.79 Å². The number of carbonyl (C=O) groups is 1. The Labute approximate surface area is 154 Å². The molecule has 1 N–H and O–H groups in total. The zero-order valence-corrected chi connectivity index (χ0v) is 14.5. The summed E-state index contributed by atoms with van der Waals surface area (Å²) in [6.45, 7) is -0.0763. The van der Waals surface area contributed by atoms with E-state index >= 15 is 0 Å². The minimum absolute atomic E-state index is 0.0671. The van der Waals surface area contributed by atoms with E-state index in [9.17, 15) is 26.7 Å². The Kier molecular flexibility index (Phi) is 4.92. The summed E-state index contributed by atoms with van der Waals surface area (Å²) in [6.07, 6.45) is -4.71. The van der Waals surface area contributed by atoms with E-state index in [2.05, 4.69) is 20.1 Å². The molecular formula is C17H13F5N4O2. The number of carbonyl (C=O) groups excluding carboxylic acids is 1. The minimum atomic E-state index is -4.71. The van der Waals surface area contributed by atoms with Crippen molar-refractivity contribution in [3.05, 3.63) is 53.0 Å². The average molecular weight is 400 g/mol. The number of benzene rings is 1. The van der Waals surface area contributed by atoms with Crippen molar-refractivity contribution in [1.82, 2.24) is 14.6 Å². The number of anilines is 1. The van der Waals surface area contributed by atoms with Crippen LogP contribution in [0.15, 0.2) is 30.3 Å². The van der Waals surface area contributed by atoms with Crippen molar-refractivity contribution in [2.45, 2.75) is 26.6 Å². The van der Waals surface area contributed by atoms with Gasteiger partial charge >= 0.3 is 12.8 Å². The molecule has 0 spiro atoms. The van der Waals surface area contributed by atoms with E-state index in [4.69, 9.17) is 0 Å². The molecule has 3 aromatic rings. The molecule has 28 heavy (non-hydrogen) atoms. The van der Waals surface area contributed by atoms with Crippen molar-refractivity contribution < 1.29 is 31.5 Å². The maximum absolute atomic E-state index is 13.2. The minimum Gasteiger partial charge on any atom is -0.433 e. The van der Waals surface area contributed by atoms with Crippen LogP contribution in [0.1, 0.15) is 27.4 Å². The highest BCUT2D eigenvalue weighted by molar-refractivity contribution is 6.04. The predicted molar refractivity (Wildman–Crippen MR) is 88.5 cm³/mol. The highest BCUT2D eigenvalue weighted by Crippen LogP contribution is 2.30. The lowest BCUT2D eigenvalue weighted by molar-refractivity contribution is -0.142. The average Bonchev–Trinajstić information content (AvgIpc) is 2.99. The molecule has 1 aromatic carbocycles. The first-order valence-electron chi connectivity index (χ1n) is 7.86. The Hall–Kier alpha value is -3.24. The largest absolute Gasteiger partial charge is 0.433 e. The molecule has 11 heteroatoms. The van der Waals surface area contributed by atoms with Crippen LogP contribution in [0.5, 0.6) is 5.75 Å². The molecule has 0 saturated carbocycles. The number of nitrogens with one attached hydrogen (secondary N) is 1. The number of halogens is 5. The number of hydrogen-bond donors (Lipinski definition) is 1. The van der Waals surface area contributed by atoms with Gasteiger partial charge in [-0.1, -0.05) is 6.07 Å². The second kappa shape index (κ2) is 7.06. The smallest absolute Gasteiger partial charge is 0.433 e. The summed E-state index contributed by atoms with van der Waals surface area (Å²) in [7, 11) is 0. The van der Waals surface area contributed by atoms with Gasteiger partial charge in [0, 0.05) is 11.8 Å². The first-order chi connectivity index (χ1) is 13.0. The second-order valence-electron chi connectivity index (χ2n) is 5.91. The molecule has 6 nitrogen and oxygen atoms in total. The summed E-state index contributed by atoms with van der Waals surface area (Å²) in [5.41, 5.74) is -0.964. The molecule has 3 rings (SSSR count). The van der Waals surface area contributed by atoms with Crippen LogP contribution in [0.25, 0.3) is 5.65 Å². The summed E-state index contributed by atoms with van der Waals surface area (Å²) >= 11 is 0. The molecule has 0 aliphatic heterocycles. The van der Waals surface area contributed by atoms with Crippen LogP contribution in [0.2, 0.25) is 0 Å². The van der Waals surface area contributed by atoms with Gasteiger partial charge in [0.05, 0.1) is 5.69 Å². The van der Waals surface area contributed by atoms with E-state index < -0.39 is 24.4 Å². The van der Waals surface area contributed by atoms with Gasteiger partial charge in [0.1, 0.15) is 11.4 Å². The standard InChI is InChI=1S/C17H13F5N4O2/c1-8-3-4-12(28-16(18)19)10(5-8)24-15(27)11-7-14-23-9(2)6-13(17(20,21)22)26(14)25-11/h3-7,16H,1-2H3,(H,24,27). The lowest BCUT2D eigenvalue weighted by atomic mass is 10.2. The van der Waals surface area contributed by atoms with E-state index in [-0.39, 0.29) is 28.5 Å². The number of amides is 1. The number of alkyl halides is 5. The van der Waals surface area contributed by atoms with E-state index in [1.165, 1.54) is 25.1 Å². The monoisotopic (exact) mass is 400 g/mol. The fraction of sp³-hybridized carbons (Fsp3) is 0.235. The van der Waals surface area contributed by atoms with Crippen molar-refractivity contribution in [2.75, 3.05) is 5.32 Å². The van der Waals surface area contributed by atoms with Crippen LogP contribution in [-0.2, 0) is 6.18 Å². The van der Waals surface area contributed by atoms with E-state index in [0.29, 0.717) is 10.1 Å². The Morgan fingerprint density at radius 3 is 2.54 bits per heavy atom. The number of nitrogens with zero attached hydrogens (tertiary/aromatic N) is 3. The predicted octanol–water partition coefficient (Wildman–Crippen LogP) is 4.22.